The molecular formula is C34H56O6. The molecule has 0 unspecified atom stereocenters. The minimum Gasteiger partial charge on any atom is -0.462 e. The molecule has 6 heteroatoms. The smallest absolute Gasteiger partial charge is 0.302 e. The highest BCUT2D eigenvalue weighted by Gasteiger charge is 2.72. The van der Waals surface area contributed by atoms with Crippen LogP contribution in [0.3, 0.4) is 0 Å². The fourth-order valence-electron chi connectivity index (χ4n) is 11.8. The van der Waals surface area contributed by atoms with E-state index in [0.717, 1.165) is 57.8 Å². The molecule has 11 atom stereocenters. The zero-order valence-corrected chi connectivity index (χ0v) is 26.9. The van der Waals surface area contributed by atoms with Gasteiger partial charge in [-0.2, -0.15) is 0 Å². The number of ether oxygens (including phenoxy) is 3. The number of rotatable bonds is 4. The van der Waals surface area contributed by atoms with Crippen molar-refractivity contribution in [1.29, 1.82) is 0 Å². The first-order valence-electron chi connectivity index (χ1n) is 16.0. The second-order valence-electron chi connectivity index (χ2n) is 16.6. The van der Waals surface area contributed by atoms with Crippen LogP contribution in [0.25, 0.3) is 0 Å². The summed E-state index contributed by atoms with van der Waals surface area (Å²) in [6, 6.07) is 0. The summed E-state index contributed by atoms with van der Waals surface area (Å²) in [7, 11) is 0. The average Bonchev–Trinajstić information content (AvgIpc) is 3.39. The van der Waals surface area contributed by atoms with Crippen molar-refractivity contribution < 1.29 is 28.9 Å². The molecule has 5 rings (SSSR count). The van der Waals surface area contributed by atoms with Crippen molar-refractivity contribution in [3.05, 3.63) is 0 Å². The van der Waals surface area contributed by atoms with E-state index in [1.165, 1.54) is 6.92 Å². The molecule has 0 aromatic heterocycles. The average molecular weight is 561 g/mol. The van der Waals surface area contributed by atoms with Crippen molar-refractivity contribution in [2.24, 2.45) is 45.3 Å². The summed E-state index contributed by atoms with van der Waals surface area (Å²) in [6.45, 7) is 21.2. The van der Waals surface area contributed by atoms with Crippen molar-refractivity contribution in [2.75, 3.05) is 0 Å². The summed E-state index contributed by atoms with van der Waals surface area (Å²) in [4.78, 5) is 24.6. The third-order valence-electron chi connectivity index (χ3n) is 13.8. The molecule has 0 bridgehead atoms. The lowest BCUT2D eigenvalue weighted by molar-refractivity contribution is -0.254. The highest BCUT2D eigenvalue weighted by Crippen LogP contribution is 2.76. The molecule has 6 nitrogen and oxygen atoms in total. The van der Waals surface area contributed by atoms with Crippen molar-refractivity contribution in [2.45, 2.75) is 157 Å². The topological polar surface area (TPSA) is 82.1 Å². The van der Waals surface area contributed by atoms with E-state index in [9.17, 15) is 14.7 Å². The first-order valence-corrected chi connectivity index (χ1v) is 16.0. The van der Waals surface area contributed by atoms with E-state index >= 15 is 0 Å². The van der Waals surface area contributed by atoms with Gasteiger partial charge in [0.25, 0.3) is 0 Å². The predicted octanol–water partition coefficient (Wildman–Crippen LogP) is 6.85. The first kappa shape index (κ1) is 30.3. The molecule has 228 valence electrons. The molecule has 4 saturated carbocycles. The molecule has 0 spiro atoms. The molecule has 1 saturated heterocycles. The quantitative estimate of drug-likeness (QED) is 0.379. The molecule has 0 aromatic rings. The largest absolute Gasteiger partial charge is 0.462 e. The van der Waals surface area contributed by atoms with Crippen LogP contribution in [0.15, 0.2) is 0 Å². The van der Waals surface area contributed by atoms with E-state index in [-0.39, 0.29) is 69.3 Å². The normalized spacial score (nSPS) is 49.9. The third kappa shape index (κ3) is 4.31. The summed E-state index contributed by atoms with van der Waals surface area (Å²) in [5.41, 5.74) is -1.10. The Balaban J connectivity index is 1.52. The lowest BCUT2D eigenvalue weighted by atomic mass is 9.35. The number of hydrogen-bond acceptors (Lipinski definition) is 6. The summed E-state index contributed by atoms with van der Waals surface area (Å²) >= 11 is 0. The van der Waals surface area contributed by atoms with Gasteiger partial charge < -0.3 is 19.3 Å². The van der Waals surface area contributed by atoms with Crippen LogP contribution >= 0.6 is 0 Å². The number of aliphatic hydroxyl groups is 1. The van der Waals surface area contributed by atoms with E-state index in [0.29, 0.717) is 11.8 Å². The molecule has 1 aliphatic heterocycles. The monoisotopic (exact) mass is 560 g/mol. The maximum absolute atomic E-state index is 12.6. The van der Waals surface area contributed by atoms with Crippen molar-refractivity contribution in [3.63, 3.8) is 0 Å². The van der Waals surface area contributed by atoms with E-state index in [2.05, 4.69) is 41.5 Å². The Morgan fingerprint density at radius 1 is 0.800 bits per heavy atom. The van der Waals surface area contributed by atoms with Crippen LogP contribution < -0.4 is 0 Å². The lowest BCUT2D eigenvalue weighted by Crippen LogP contribution is -2.67. The molecule has 40 heavy (non-hydrogen) atoms. The van der Waals surface area contributed by atoms with Crippen LogP contribution in [-0.2, 0) is 23.8 Å². The molecule has 5 aliphatic rings. The van der Waals surface area contributed by atoms with Crippen LogP contribution in [-0.4, -0.2) is 46.6 Å². The van der Waals surface area contributed by atoms with Gasteiger partial charge >= 0.3 is 11.9 Å². The summed E-state index contributed by atoms with van der Waals surface area (Å²) in [5.74, 6) is 1.00. The Morgan fingerprint density at radius 2 is 1.43 bits per heavy atom. The van der Waals surface area contributed by atoms with Gasteiger partial charge in [-0.15, -0.1) is 0 Å². The lowest BCUT2D eigenvalue weighted by Gasteiger charge is -2.70. The van der Waals surface area contributed by atoms with Gasteiger partial charge in [-0.1, -0.05) is 34.6 Å². The van der Waals surface area contributed by atoms with Crippen molar-refractivity contribution in [3.8, 4) is 0 Å². The van der Waals surface area contributed by atoms with Gasteiger partial charge in [0.2, 0.25) is 0 Å². The Morgan fingerprint density at radius 3 is 2.00 bits per heavy atom. The Bertz CT molecular complexity index is 1030. The van der Waals surface area contributed by atoms with Crippen LogP contribution in [0, 0.1) is 45.3 Å². The van der Waals surface area contributed by atoms with Crippen LogP contribution in [0.2, 0.25) is 0 Å². The zero-order chi connectivity index (χ0) is 29.7. The fraction of sp³-hybridized carbons (Fsp3) is 0.941. The number of hydrogen-bond donors (Lipinski definition) is 1. The Kier molecular flexibility index (Phi) is 7.15. The van der Waals surface area contributed by atoms with Crippen LogP contribution in [0.1, 0.15) is 127 Å². The third-order valence-corrected chi connectivity index (χ3v) is 13.8. The van der Waals surface area contributed by atoms with Gasteiger partial charge in [0.15, 0.2) is 0 Å². The molecule has 1 N–H and O–H groups in total. The minimum atomic E-state index is -0.872. The Labute approximate surface area is 242 Å². The molecule has 0 radical (unpaired) electrons. The van der Waals surface area contributed by atoms with Crippen molar-refractivity contribution >= 4 is 11.9 Å². The summed E-state index contributed by atoms with van der Waals surface area (Å²) in [5, 5.41) is 10.8. The molecule has 4 aliphatic carbocycles. The highest BCUT2D eigenvalue weighted by atomic mass is 16.6. The molecule has 1 heterocycles. The van der Waals surface area contributed by atoms with Gasteiger partial charge in [-0.25, -0.2) is 0 Å². The first-order chi connectivity index (χ1) is 18.3. The van der Waals surface area contributed by atoms with Gasteiger partial charge in [0.1, 0.15) is 12.2 Å². The summed E-state index contributed by atoms with van der Waals surface area (Å²) in [6.07, 6.45) is 8.68. The van der Waals surface area contributed by atoms with Gasteiger partial charge in [0.05, 0.1) is 17.3 Å². The number of fused-ring (bicyclic) bond motifs is 5. The van der Waals surface area contributed by atoms with E-state index in [1.807, 2.05) is 13.8 Å². The predicted molar refractivity (Wildman–Crippen MR) is 154 cm³/mol. The van der Waals surface area contributed by atoms with Gasteiger partial charge in [-0.05, 0) is 113 Å². The number of carbonyl (C=O) groups excluding carboxylic acids is 2. The van der Waals surface area contributed by atoms with Crippen LogP contribution in [0.4, 0.5) is 0 Å². The van der Waals surface area contributed by atoms with Crippen molar-refractivity contribution in [1.82, 2.24) is 0 Å². The van der Waals surface area contributed by atoms with Gasteiger partial charge in [0, 0.05) is 25.2 Å². The van der Waals surface area contributed by atoms with E-state index in [4.69, 9.17) is 14.2 Å². The molecule has 0 aromatic carbocycles. The maximum atomic E-state index is 12.6. The summed E-state index contributed by atoms with van der Waals surface area (Å²) < 4.78 is 19.0. The highest BCUT2D eigenvalue weighted by molar-refractivity contribution is 5.66. The molecule has 0 amide bonds. The minimum absolute atomic E-state index is 0.0186. The number of esters is 2. The SMILES string of the molecule is CC(=O)O[C@H]1C[C@H]2[C@@]3(C)CC[C@@H](OC(C)=O)C(C)(C)[C@@H]3CC[C@@]2(C)[C@]2(C)CC[C@H]([C@]3(C)CC[C@H](C(C)(C)O)O3)[C@@H]12. The van der Waals surface area contributed by atoms with E-state index in [1.54, 1.807) is 6.92 Å². The second kappa shape index (κ2) is 9.43. The van der Waals surface area contributed by atoms with E-state index < -0.39 is 5.60 Å². The standard InChI is InChI=1S/C34H56O6/c1-20(35)38-23-19-25-31(7)15-13-26(39-21(2)36)29(3,4)24(31)12-17-32(25,8)33(9)16-11-22(28(23)33)34(10)18-14-27(40-34)30(5,6)37/h22-28,37H,11-19H2,1-10H3/t22-,23-,24-,25-,26+,27+,28-,31-,32+,33+,34-/m0/s1. The van der Waals surface area contributed by atoms with Crippen LogP contribution in [0.5, 0.6) is 0 Å². The number of carbonyl (C=O) groups is 2. The second-order valence-corrected chi connectivity index (χ2v) is 16.6. The van der Waals surface area contributed by atoms with Gasteiger partial charge in [-0.3, -0.25) is 9.59 Å². The fourth-order valence-corrected chi connectivity index (χ4v) is 11.8. The zero-order valence-electron chi connectivity index (χ0n) is 26.9. The maximum Gasteiger partial charge on any atom is 0.302 e. The Hall–Kier alpha value is -1.14. The molecule has 5 fully saturated rings. The molecular weight excluding hydrogens is 504 g/mol.